The second-order valence-electron chi connectivity index (χ2n) is 5.83. The van der Waals surface area contributed by atoms with Gasteiger partial charge in [-0.1, -0.05) is 0 Å². The molecule has 0 spiro atoms. The lowest BCUT2D eigenvalue weighted by Crippen LogP contribution is -2.39. The molecule has 0 aliphatic carbocycles. The van der Waals surface area contributed by atoms with E-state index in [4.69, 9.17) is 18.4 Å². The highest BCUT2D eigenvalue weighted by Gasteiger charge is 2.22. The molecule has 0 radical (unpaired) electrons. The van der Waals surface area contributed by atoms with E-state index in [2.05, 4.69) is 5.32 Å². The molecule has 29 heavy (non-hydrogen) atoms. The molecule has 1 aliphatic heterocycles. The Morgan fingerprint density at radius 1 is 0.966 bits per heavy atom. The zero-order valence-corrected chi connectivity index (χ0v) is 16.9. The van der Waals surface area contributed by atoms with Gasteiger partial charge in [-0.15, -0.1) is 0 Å². The highest BCUT2D eigenvalue weighted by atomic mass is 32.2. The Morgan fingerprint density at radius 2 is 1.59 bits per heavy atom. The number of nitrogens with one attached hydrogen (secondary N) is 1. The minimum atomic E-state index is -4.13. The van der Waals surface area contributed by atoms with Crippen molar-refractivity contribution in [2.24, 2.45) is 0 Å². The number of benzene rings is 2. The Kier molecular flexibility index (Phi) is 5.83. The molecule has 0 aromatic heterocycles. The number of anilines is 1. The molecule has 0 fully saturated rings. The van der Waals surface area contributed by atoms with Crippen LogP contribution in [-0.2, 0) is 10.1 Å². The number of rotatable bonds is 7. The standard InChI is InChI=1S/C19H20N2O7S/c1-25-16-11-14(12-17(26-2)18(16)27-3)28-29(23,24)15-7-5-13(6-8-15)21-10-4-9-20-19(21)22/h4-8,10-12H,9H2,1-3H3,(H,20,22). The van der Waals surface area contributed by atoms with Gasteiger partial charge in [-0.25, -0.2) is 4.79 Å². The van der Waals surface area contributed by atoms with Crippen molar-refractivity contribution < 1.29 is 31.6 Å². The summed E-state index contributed by atoms with van der Waals surface area (Å²) >= 11 is 0. The van der Waals surface area contributed by atoms with E-state index < -0.39 is 10.1 Å². The molecule has 10 heteroatoms. The number of amides is 2. The first kappa shape index (κ1) is 20.3. The van der Waals surface area contributed by atoms with Gasteiger partial charge in [0.05, 0.1) is 27.0 Å². The second-order valence-corrected chi connectivity index (χ2v) is 7.38. The Labute approximate surface area is 168 Å². The zero-order chi connectivity index (χ0) is 21.0. The van der Waals surface area contributed by atoms with Crippen molar-refractivity contribution in [1.82, 2.24) is 5.32 Å². The van der Waals surface area contributed by atoms with Crippen LogP contribution in [0.5, 0.6) is 23.0 Å². The number of hydrogen-bond acceptors (Lipinski definition) is 7. The topological polar surface area (TPSA) is 103 Å². The highest BCUT2D eigenvalue weighted by Crippen LogP contribution is 2.41. The monoisotopic (exact) mass is 420 g/mol. The number of methoxy groups -OCH3 is 3. The Bertz CT molecular complexity index is 1010. The molecule has 1 heterocycles. The van der Waals surface area contributed by atoms with Crippen LogP contribution in [0, 0.1) is 0 Å². The lowest BCUT2D eigenvalue weighted by molar-refractivity contribution is 0.248. The first-order valence-corrected chi connectivity index (χ1v) is 9.88. The van der Waals surface area contributed by atoms with Crippen LogP contribution in [0.15, 0.2) is 53.6 Å². The van der Waals surface area contributed by atoms with Crippen LogP contribution in [0.2, 0.25) is 0 Å². The molecule has 0 bridgehead atoms. The van der Waals surface area contributed by atoms with E-state index in [1.165, 1.54) is 62.6 Å². The molecule has 1 N–H and O–H groups in total. The zero-order valence-electron chi connectivity index (χ0n) is 16.0. The fourth-order valence-corrected chi connectivity index (χ4v) is 3.63. The number of nitrogens with zero attached hydrogens (tertiary/aromatic N) is 1. The molecule has 2 aromatic rings. The molecule has 1 aliphatic rings. The van der Waals surface area contributed by atoms with Gasteiger partial charge >= 0.3 is 16.1 Å². The van der Waals surface area contributed by atoms with Gasteiger partial charge in [-0.3, -0.25) is 4.90 Å². The maximum absolute atomic E-state index is 12.7. The van der Waals surface area contributed by atoms with E-state index >= 15 is 0 Å². The number of urea groups is 1. The summed E-state index contributed by atoms with van der Waals surface area (Å²) in [7, 11) is 0.141. The van der Waals surface area contributed by atoms with Gasteiger partial charge in [0.15, 0.2) is 17.2 Å². The smallest absolute Gasteiger partial charge is 0.339 e. The fraction of sp³-hybridized carbons (Fsp3) is 0.211. The van der Waals surface area contributed by atoms with Crippen molar-refractivity contribution in [2.75, 3.05) is 32.8 Å². The van der Waals surface area contributed by atoms with Gasteiger partial charge in [0.2, 0.25) is 5.75 Å². The maximum Gasteiger partial charge on any atom is 0.339 e. The van der Waals surface area contributed by atoms with Crippen LogP contribution in [0.25, 0.3) is 0 Å². The fourth-order valence-electron chi connectivity index (χ4n) is 2.71. The van der Waals surface area contributed by atoms with Crippen molar-refractivity contribution in [3.05, 3.63) is 48.7 Å². The quantitative estimate of drug-likeness (QED) is 0.687. The summed E-state index contributed by atoms with van der Waals surface area (Å²) in [6.07, 6.45) is 3.40. The van der Waals surface area contributed by atoms with Crippen LogP contribution >= 0.6 is 0 Å². The molecule has 0 unspecified atom stereocenters. The molecule has 0 saturated carbocycles. The van der Waals surface area contributed by atoms with Crippen molar-refractivity contribution in [3.8, 4) is 23.0 Å². The second kappa shape index (κ2) is 8.31. The number of carbonyl (C=O) groups is 1. The minimum Gasteiger partial charge on any atom is -0.493 e. The van der Waals surface area contributed by atoms with Gasteiger partial charge in [0.1, 0.15) is 4.90 Å². The minimum absolute atomic E-state index is 0.00178. The Morgan fingerprint density at radius 3 is 2.10 bits per heavy atom. The van der Waals surface area contributed by atoms with E-state index in [9.17, 15) is 13.2 Å². The molecule has 0 atom stereocenters. The first-order chi connectivity index (χ1) is 13.9. The molecule has 2 amide bonds. The summed E-state index contributed by atoms with van der Waals surface area (Å²) in [5, 5.41) is 2.66. The van der Waals surface area contributed by atoms with Crippen molar-refractivity contribution in [1.29, 1.82) is 0 Å². The molecule has 154 valence electrons. The molecule has 9 nitrogen and oxygen atoms in total. The van der Waals surface area contributed by atoms with E-state index in [0.29, 0.717) is 18.0 Å². The third-order valence-electron chi connectivity index (χ3n) is 4.09. The van der Waals surface area contributed by atoms with Gasteiger partial charge in [0.25, 0.3) is 0 Å². The van der Waals surface area contributed by atoms with Gasteiger partial charge < -0.3 is 23.7 Å². The molecule has 2 aromatic carbocycles. The third-order valence-corrected chi connectivity index (χ3v) is 5.35. The Balaban J connectivity index is 1.87. The van der Waals surface area contributed by atoms with E-state index in [0.717, 1.165) is 0 Å². The summed E-state index contributed by atoms with van der Waals surface area (Å²) in [6.45, 7) is 0.449. The number of carbonyl (C=O) groups excluding carboxylic acids is 1. The van der Waals surface area contributed by atoms with Crippen molar-refractivity contribution in [2.45, 2.75) is 4.90 Å². The predicted molar refractivity (Wildman–Crippen MR) is 105 cm³/mol. The average molecular weight is 420 g/mol. The molecular weight excluding hydrogens is 400 g/mol. The summed E-state index contributed by atoms with van der Waals surface area (Å²) in [5.74, 6) is 0.837. The van der Waals surface area contributed by atoms with E-state index in [1.807, 2.05) is 0 Å². The number of hydrogen-bond donors (Lipinski definition) is 1. The van der Waals surface area contributed by atoms with Crippen LogP contribution in [0.1, 0.15) is 0 Å². The normalized spacial score (nSPS) is 13.6. The van der Waals surface area contributed by atoms with Crippen molar-refractivity contribution in [3.63, 3.8) is 0 Å². The van der Waals surface area contributed by atoms with Crippen LogP contribution in [-0.4, -0.2) is 42.3 Å². The third kappa shape index (κ3) is 4.21. The van der Waals surface area contributed by atoms with Gasteiger partial charge in [-0.05, 0) is 30.3 Å². The van der Waals surface area contributed by atoms with Crippen LogP contribution in [0.4, 0.5) is 10.5 Å². The lowest BCUT2D eigenvalue weighted by atomic mass is 10.2. The van der Waals surface area contributed by atoms with Crippen LogP contribution < -0.4 is 28.6 Å². The number of ether oxygens (including phenoxy) is 3. The predicted octanol–water partition coefficient (Wildman–Crippen LogP) is 2.52. The summed E-state index contributed by atoms with van der Waals surface area (Å²) in [4.78, 5) is 13.2. The maximum atomic E-state index is 12.7. The van der Waals surface area contributed by atoms with Gasteiger partial charge in [-0.2, -0.15) is 8.42 Å². The molecule has 0 saturated heterocycles. The summed E-state index contributed by atoms with van der Waals surface area (Å²) in [6, 6.07) is 8.22. The SMILES string of the molecule is COc1cc(OS(=O)(=O)c2ccc(N3C=CCNC3=O)cc2)cc(OC)c1OC. The Hall–Kier alpha value is -3.40. The summed E-state index contributed by atoms with van der Waals surface area (Å²) in [5.41, 5.74) is 0.519. The van der Waals surface area contributed by atoms with E-state index in [1.54, 1.807) is 12.3 Å². The highest BCUT2D eigenvalue weighted by molar-refractivity contribution is 7.87. The van der Waals surface area contributed by atoms with E-state index in [-0.39, 0.29) is 28.2 Å². The first-order valence-electron chi connectivity index (χ1n) is 8.48. The average Bonchev–Trinajstić information content (AvgIpc) is 2.73. The molecular formula is C19H20N2O7S. The van der Waals surface area contributed by atoms with Gasteiger partial charge in [0, 0.05) is 24.9 Å². The molecule has 3 rings (SSSR count). The van der Waals surface area contributed by atoms with Crippen LogP contribution in [0.3, 0.4) is 0 Å². The largest absolute Gasteiger partial charge is 0.493 e. The van der Waals surface area contributed by atoms with Crippen molar-refractivity contribution >= 4 is 21.8 Å². The lowest BCUT2D eigenvalue weighted by Gasteiger charge is -2.22. The summed E-state index contributed by atoms with van der Waals surface area (Å²) < 4.78 is 46.2.